The summed E-state index contributed by atoms with van der Waals surface area (Å²) in [6, 6.07) is 7.74. The Morgan fingerprint density at radius 2 is 2.12 bits per heavy atom. The van der Waals surface area contributed by atoms with E-state index in [1.165, 1.54) is 0 Å². The van der Waals surface area contributed by atoms with Gasteiger partial charge in [-0.15, -0.1) is 10.2 Å². The summed E-state index contributed by atoms with van der Waals surface area (Å²) in [7, 11) is 1.90. The molecule has 25 heavy (non-hydrogen) atoms. The summed E-state index contributed by atoms with van der Waals surface area (Å²) in [6.07, 6.45) is 5.21. The standard InChI is InChI=1S/C18H18N6O/c1-11-5-4-6-13-9-14(18(25)21-15(11)13)17-19-7-8-24(17)12(2)16-22-20-10-23(16)3/h4-10,12H,1-3H3,(H,21,25). The highest BCUT2D eigenvalue weighted by molar-refractivity contribution is 5.84. The van der Waals surface area contributed by atoms with Crippen LogP contribution in [0.1, 0.15) is 24.4 Å². The Hall–Kier alpha value is -3.22. The van der Waals surface area contributed by atoms with Gasteiger partial charge in [0.1, 0.15) is 12.2 Å². The van der Waals surface area contributed by atoms with Crippen LogP contribution in [0.5, 0.6) is 0 Å². The molecule has 0 spiro atoms. The Kier molecular flexibility index (Phi) is 3.49. The Morgan fingerprint density at radius 1 is 1.28 bits per heavy atom. The van der Waals surface area contributed by atoms with Crippen LogP contribution in [0.4, 0.5) is 0 Å². The third-order valence-electron chi connectivity index (χ3n) is 4.53. The van der Waals surface area contributed by atoms with Gasteiger partial charge in [0.15, 0.2) is 5.82 Å². The van der Waals surface area contributed by atoms with Crippen LogP contribution in [-0.4, -0.2) is 29.3 Å². The molecule has 1 aromatic carbocycles. The SMILES string of the molecule is Cc1cccc2cc(-c3nccn3C(C)c3nncn3C)c(=O)[nH]c12. The number of para-hydroxylation sites is 1. The molecule has 0 saturated heterocycles. The minimum absolute atomic E-state index is 0.0994. The molecule has 0 amide bonds. The molecule has 126 valence electrons. The van der Waals surface area contributed by atoms with Gasteiger partial charge < -0.3 is 14.1 Å². The van der Waals surface area contributed by atoms with E-state index in [9.17, 15) is 4.79 Å². The van der Waals surface area contributed by atoms with Gasteiger partial charge in [0.25, 0.3) is 5.56 Å². The van der Waals surface area contributed by atoms with E-state index in [2.05, 4.69) is 20.2 Å². The van der Waals surface area contributed by atoms with E-state index >= 15 is 0 Å². The predicted molar refractivity (Wildman–Crippen MR) is 95.3 cm³/mol. The predicted octanol–water partition coefficient (Wildman–Crippen LogP) is 2.44. The lowest BCUT2D eigenvalue weighted by atomic mass is 10.1. The van der Waals surface area contributed by atoms with Gasteiger partial charge in [0, 0.05) is 19.4 Å². The van der Waals surface area contributed by atoms with Gasteiger partial charge in [0.2, 0.25) is 0 Å². The van der Waals surface area contributed by atoms with Crippen molar-refractivity contribution < 1.29 is 0 Å². The molecule has 7 heteroatoms. The number of hydrogen-bond donors (Lipinski definition) is 1. The fourth-order valence-electron chi connectivity index (χ4n) is 3.18. The van der Waals surface area contributed by atoms with Gasteiger partial charge >= 0.3 is 0 Å². The Morgan fingerprint density at radius 3 is 2.88 bits per heavy atom. The Balaban J connectivity index is 1.88. The van der Waals surface area contributed by atoms with E-state index in [1.54, 1.807) is 12.5 Å². The molecular weight excluding hydrogens is 316 g/mol. The van der Waals surface area contributed by atoms with Crippen molar-refractivity contribution in [1.82, 2.24) is 29.3 Å². The minimum Gasteiger partial charge on any atom is -0.321 e. The van der Waals surface area contributed by atoms with Crippen molar-refractivity contribution in [2.75, 3.05) is 0 Å². The molecule has 0 bridgehead atoms. The molecule has 3 aromatic heterocycles. The quantitative estimate of drug-likeness (QED) is 0.624. The van der Waals surface area contributed by atoms with Crippen LogP contribution in [-0.2, 0) is 7.05 Å². The van der Waals surface area contributed by atoms with Gasteiger partial charge in [-0.25, -0.2) is 4.98 Å². The molecule has 0 aliphatic rings. The number of rotatable bonds is 3. The second kappa shape index (κ2) is 5.70. The van der Waals surface area contributed by atoms with E-state index < -0.39 is 0 Å². The number of nitrogens with one attached hydrogen (secondary N) is 1. The van der Waals surface area contributed by atoms with E-state index in [1.807, 2.05) is 60.5 Å². The summed E-state index contributed by atoms with van der Waals surface area (Å²) < 4.78 is 3.80. The van der Waals surface area contributed by atoms with Crippen LogP contribution in [0.2, 0.25) is 0 Å². The molecule has 4 rings (SSSR count). The van der Waals surface area contributed by atoms with Crippen LogP contribution in [0.15, 0.2) is 47.8 Å². The van der Waals surface area contributed by atoms with Gasteiger partial charge in [-0.1, -0.05) is 18.2 Å². The highest BCUT2D eigenvalue weighted by Gasteiger charge is 2.19. The molecule has 1 N–H and O–H groups in total. The van der Waals surface area contributed by atoms with E-state index in [4.69, 9.17) is 0 Å². The molecule has 0 aliphatic carbocycles. The Bertz CT molecular complexity index is 1120. The summed E-state index contributed by atoms with van der Waals surface area (Å²) in [4.78, 5) is 20.1. The van der Waals surface area contributed by atoms with Crippen molar-refractivity contribution in [1.29, 1.82) is 0 Å². The van der Waals surface area contributed by atoms with Crippen molar-refractivity contribution in [3.8, 4) is 11.4 Å². The second-order valence-electron chi connectivity index (χ2n) is 6.19. The molecule has 0 fully saturated rings. The largest absolute Gasteiger partial charge is 0.321 e. The molecule has 1 unspecified atom stereocenters. The second-order valence-corrected chi connectivity index (χ2v) is 6.19. The molecule has 4 aromatic rings. The third kappa shape index (κ3) is 2.44. The number of H-pyrrole nitrogens is 1. The zero-order valence-corrected chi connectivity index (χ0v) is 14.3. The molecule has 3 heterocycles. The van der Waals surface area contributed by atoms with Crippen molar-refractivity contribution in [2.24, 2.45) is 7.05 Å². The number of fused-ring (bicyclic) bond motifs is 1. The number of imidazole rings is 1. The van der Waals surface area contributed by atoms with Crippen LogP contribution in [0.25, 0.3) is 22.3 Å². The first-order valence-corrected chi connectivity index (χ1v) is 8.06. The number of benzene rings is 1. The summed E-state index contributed by atoms with van der Waals surface area (Å²) in [5.41, 5.74) is 2.28. The molecule has 7 nitrogen and oxygen atoms in total. The maximum atomic E-state index is 12.7. The molecule has 1 atom stereocenters. The molecular formula is C18H18N6O. The summed E-state index contributed by atoms with van der Waals surface area (Å²) in [6.45, 7) is 3.99. The molecule has 0 aliphatic heterocycles. The fraction of sp³-hybridized carbons (Fsp3) is 0.222. The van der Waals surface area contributed by atoms with Gasteiger partial charge in [-0.3, -0.25) is 4.79 Å². The van der Waals surface area contributed by atoms with Crippen LogP contribution < -0.4 is 5.56 Å². The number of nitrogens with zero attached hydrogens (tertiary/aromatic N) is 5. The summed E-state index contributed by atoms with van der Waals surface area (Å²) in [5.74, 6) is 1.41. The summed E-state index contributed by atoms with van der Waals surface area (Å²) in [5, 5.41) is 9.09. The molecule has 0 radical (unpaired) electrons. The van der Waals surface area contributed by atoms with E-state index in [-0.39, 0.29) is 11.6 Å². The zero-order chi connectivity index (χ0) is 17.6. The zero-order valence-electron chi connectivity index (χ0n) is 14.3. The normalized spacial score (nSPS) is 12.6. The van der Waals surface area contributed by atoms with Crippen molar-refractivity contribution in [3.05, 3.63) is 64.7 Å². The first-order chi connectivity index (χ1) is 12.1. The number of aromatic nitrogens is 6. The van der Waals surface area contributed by atoms with Crippen molar-refractivity contribution >= 4 is 10.9 Å². The number of pyridine rings is 1. The van der Waals surface area contributed by atoms with Crippen LogP contribution in [0.3, 0.4) is 0 Å². The van der Waals surface area contributed by atoms with Crippen LogP contribution >= 0.6 is 0 Å². The lowest BCUT2D eigenvalue weighted by Crippen LogP contribution is -2.16. The minimum atomic E-state index is -0.153. The lowest BCUT2D eigenvalue weighted by molar-refractivity contribution is 0.578. The monoisotopic (exact) mass is 334 g/mol. The molecule has 0 saturated carbocycles. The smallest absolute Gasteiger partial charge is 0.259 e. The van der Waals surface area contributed by atoms with Crippen LogP contribution in [0, 0.1) is 6.92 Å². The number of aryl methyl sites for hydroxylation is 2. The fourth-order valence-corrected chi connectivity index (χ4v) is 3.18. The van der Waals surface area contributed by atoms with E-state index in [0.29, 0.717) is 11.4 Å². The number of hydrogen-bond acceptors (Lipinski definition) is 4. The first kappa shape index (κ1) is 15.3. The lowest BCUT2D eigenvalue weighted by Gasteiger charge is -2.15. The average Bonchev–Trinajstić information content (AvgIpc) is 3.23. The summed E-state index contributed by atoms with van der Waals surface area (Å²) >= 11 is 0. The topological polar surface area (TPSA) is 81.4 Å². The van der Waals surface area contributed by atoms with Crippen molar-refractivity contribution in [3.63, 3.8) is 0 Å². The van der Waals surface area contributed by atoms with Gasteiger partial charge in [0.05, 0.1) is 17.1 Å². The first-order valence-electron chi connectivity index (χ1n) is 8.06. The highest BCUT2D eigenvalue weighted by atomic mass is 16.1. The van der Waals surface area contributed by atoms with E-state index in [0.717, 1.165) is 22.3 Å². The third-order valence-corrected chi connectivity index (χ3v) is 4.53. The van der Waals surface area contributed by atoms with Gasteiger partial charge in [-0.2, -0.15) is 0 Å². The van der Waals surface area contributed by atoms with Gasteiger partial charge in [-0.05, 0) is 30.9 Å². The Labute approximate surface area is 144 Å². The van der Waals surface area contributed by atoms with Crippen molar-refractivity contribution in [2.45, 2.75) is 19.9 Å². The highest BCUT2D eigenvalue weighted by Crippen LogP contribution is 2.24. The maximum absolute atomic E-state index is 12.7. The average molecular weight is 334 g/mol. The number of aromatic amines is 1. The maximum Gasteiger partial charge on any atom is 0.259 e.